The second kappa shape index (κ2) is 4.70. The molecule has 0 aliphatic heterocycles. The van der Waals surface area contributed by atoms with E-state index in [2.05, 4.69) is 15.9 Å². The highest BCUT2D eigenvalue weighted by Gasteiger charge is 2.18. The normalized spacial score (nSPS) is 10.6. The molecule has 0 unspecified atom stereocenters. The van der Waals surface area contributed by atoms with E-state index in [9.17, 15) is 9.18 Å². The summed E-state index contributed by atoms with van der Waals surface area (Å²) in [6.07, 6.45) is 0. The fourth-order valence-electron chi connectivity index (χ4n) is 1.84. The van der Waals surface area contributed by atoms with Crippen molar-refractivity contribution in [3.05, 3.63) is 55.4 Å². The molecule has 0 N–H and O–H groups in total. The van der Waals surface area contributed by atoms with E-state index in [1.165, 1.54) is 23.5 Å². The standard InChI is InChI=1S/C13H10BrFOS/c1-7-5-9(15)6-8(2)11(7)12(16)13-10(14)3-4-17-13/h3-6H,1-2H3. The first-order valence-corrected chi connectivity index (χ1v) is 6.72. The highest BCUT2D eigenvalue weighted by atomic mass is 79.9. The number of aryl methyl sites for hydroxylation is 2. The lowest BCUT2D eigenvalue weighted by Gasteiger charge is -2.08. The average Bonchev–Trinajstić information content (AvgIpc) is 2.62. The minimum atomic E-state index is -0.304. The molecule has 2 rings (SSSR count). The van der Waals surface area contributed by atoms with Crippen LogP contribution in [-0.2, 0) is 0 Å². The molecular weight excluding hydrogens is 303 g/mol. The quantitative estimate of drug-likeness (QED) is 0.746. The summed E-state index contributed by atoms with van der Waals surface area (Å²) in [5.74, 6) is -0.358. The zero-order chi connectivity index (χ0) is 12.6. The SMILES string of the molecule is Cc1cc(F)cc(C)c1C(=O)c1sccc1Br. The lowest BCUT2D eigenvalue weighted by molar-refractivity contribution is 0.104. The molecule has 0 fully saturated rings. The van der Waals surface area contributed by atoms with Crippen LogP contribution in [0.2, 0.25) is 0 Å². The van der Waals surface area contributed by atoms with Crippen LogP contribution in [0.5, 0.6) is 0 Å². The summed E-state index contributed by atoms with van der Waals surface area (Å²) in [7, 11) is 0. The Labute approximate surface area is 111 Å². The van der Waals surface area contributed by atoms with Crippen molar-refractivity contribution < 1.29 is 9.18 Å². The van der Waals surface area contributed by atoms with Crippen LogP contribution in [0, 0.1) is 19.7 Å². The first-order valence-electron chi connectivity index (χ1n) is 5.05. The third-order valence-electron chi connectivity index (χ3n) is 2.55. The Kier molecular flexibility index (Phi) is 3.45. The molecule has 88 valence electrons. The Hall–Kier alpha value is -1.00. The van der Waals surface area contributed by atoms with Crippen LogP contribution in [0.4, 0.5) is 4.39 Å². The molecule has 0 bridgehead atoms. The van der Waals surface area contributed by atoms with Crippen LogP contribution in [0.25, 0.3) is 0 Å². The highest BCUT2D eigenvalue weighted by molar-refractivity contribution is 9.10. The van der Waals surface area contributed by atoms with Gasteiger partial charge in [0.1, 0.15) is 5.82 Å². The third-order valence-corrected chi connectivity index (χ3v) is 4.38. The van der Waals surface area contributed by atoms with Crippen molar-refractivity contribution in [1.29, 1.82) is 0 Å². The van der Waals surface area contributed by atoms with Gasteiger partial charge in [-0.3, -0.25) is 4.79 Å². The second-order valence-corrected chi connectivity index (χ2v) is 5.61. The van der Waals surface area contributed by atoms with Crippen molar-refractivity contribution in [2.45, 2.75) is 13.8 Å². The first kappa shape index (κ1) is 12.5. The molecule has 0 aliphatic rings. The smallest absolute Gasteiger partial charge is 0.204 e. The predicted molar refractivity (Wildman–Crippen MR) is 71.3 cm³/mol. The Morgan fingerprint density at radius 1 is 1.29 bits per heavy atom. The average molecular weight is 313 g/mol. The van der Waals surface area contributed by atoms with Gasteiger partial charge in [0.25, 0.3) is 0 Å². The minimum Gasteiger partial charge on any atom is -0.288 e. The minimum absolute atomic E-state index is 0.0538. The van der Waals surface area contributed by atoms with E-state index in [4.69, 9.17) is 0 Å². The number of carbonyl (C=O) groups excluding carboxylic acids is 1. The molecule has 1 aromatic carbocycles. The van der Waals surface area contributed by atoms with E-state index in [-0.39, 0.29) is 11.6 Å². The summed E-state index contributed by atoms with van der Waals surface area (Å²) in [4.78, 5) is 13.0. The molecule has 0 aliphatic carbocycles. The van der Waals surface area contributed by atoms with Crippen molar-refractivity contribution in [3.63, 3.8) is 0 Å². The number of hydrogen-bond acceptors (Lipinski definition) is 2. The van der Waals surface area contributed by atoms with E-state index < -0.39 is 0 Å². The summed E-state index contributed by atoms with van der Waals surface area (Å²) in [6.45, 7) is 3.51. The Balaban J connectivity index is 2.56. The lowest BCUT2D eigenvalue weighted by atomic mass is 9.98. The fourth-order valence-corrected chi connectivity index (χ4v) is 3.34. The van der Waals surface area contributed by atoms with E-state index >= 15 is 0 Å². The summed E-state index contributed by atoms with van der Waals surface area (Å²) < 4.78 is 14.0. The van der Waals surface area contributed by atoms with Gasteiger partial charge in [-0.1, -0.05) is 0 Å². The van der Waals surface area contributed by atoms with Gasteiger partial charge in [-0.2, -0.15) is 0 Å². The molecule has 1 aromatic heterocycles. The third kappa shape index (κ3) is 2.33. The molecule has 1 heterocycles. The molecule has 0 amide bonds. The van der Waals surface area contributed by atoms with Crippen LogP contribution in [0.1, 0.15) is 26.4 Å². The first-order chi connectivity index (χ1) is 8.00. The zero-order valence-electron chi connectivity index (χ0n) is 9.38. The van der Waals surface area contributed by atoms with E-state index in [1.54, 1.807) is 13.8 Å². The highest BCUT2D eigenvalue weighted by Crippen LogP contribution is 2.28. The largest absolute Gasteiger partial charge is 0.288 e. The van der Waals surface area contributed by atoms with Crippen molar-refractivity contribution in [2.75, 3.05) is 0 Å². The number of thiophene rings is 1. The number of benzene rings is 1. The van der Waals surface area contributed by atoms with Gasteiger partial charge in [0, 0.05) is 10.0 Å². The maximum atomic E-state index is 13.2. The Bertz CT molecular complexity index is 566. The van der Waals surface area contributed by atoms with Gasteiger partial charge in [-0.05, 0) is 64.5 Å². The molecule has 2 aromatic rings. The number of carbonyl (C=O) groups is 1. The Morgan fingerprint density at radius 3 is 2.35 bits per heavy atom. The predicted octanol–water partition coefficient (Wildman–Crippen LogP) is 4.50. The van der Waals surface area contributed by atoms with Crippen molar-refractivity contribution in [1.82, 2.24) is 0 Å². The van der Waals surface area contributed by atoms with Crippen molar-refractivity contribution in [3.8, 4) is 0 Å². The van der Waals surface area contributed by atoms with Crippen LogP contribution in [-0.4, -0.2) is 5.78 Å². The molecule has 4 heteroatoms. The summed E-state index contributed by atoms with van der Waals surface area (Å²) in [5, 5.41) is 1.85. The van der Waals surface area contributed by atoms with Crippen molar-refractivity contribution in [2.24, 2.45) is 0 Å². The van der Waals surface area contributed by atoms with Gasteiger partial charge >= 0.3 is 0 Å². The lowest BCUT2D eigenvalue weighted by Crippen LogP contribution is -2.05. The van der Waals surface area contributed by atoms with E-state index in [0.717, 1.165) is 4.47 Å². The molecule has 0 atom stereocenters. The summed E-state index contributed by atoms with van der Waals surface area (Å²) in [6, 6.07) is 4.62. The van der Waals surface area contributed by atoms with Crippen LogP contribution in [0.15, 0.2) is 28.1 Å². The topological polar surface area (TPSA) is 17.1 Å². The second-order valence-electron chi connectivity index (χ2n) is 3.84. The van der Waals surface area contributed by atoms with Gasteiger partial charge in [0.15, 0.2) is 0 Å². The summed E-state index contributed by atoms with van der Waals surface area (Å²) >= 11 is 4.73. The molecular formula is C13H10BrFOS. The summed E-state index contributed by atoms with van der Waals surface area (Å²) in [5.41, 5.74) is 1.94. The maximum Gasteiger partial charge on any atom is 0.204 e. The van der Waals surface area contributed by atoms with Gasteiger partial charge in [-0.25, -0.2) is 4.39 Å². The van der Waals surface area contributed by atoms with Gasteiger partial charge in [-0.15, -0.1) is 11.3 Å². The van der Waals surface area contributed by atoms with Crippen LogP contribution >= 0.6 is 27.3 Å². The molecule has 0 spiro atoms. The van der Waals surface area contributed by atoms with Gasteiger partial charge in [0.2, 0.25) is 5.78 Å². The number of halogens is 2. The zero-order valence-corrected chi connectivity index (χ0v) is 11.8. The van der Waals surface area contributed by atoms with Crippen molar-refractivity contribution >= 4 is 33.0 Å². The molecule has 0 saturated heterocycles. The number of ketones is 1. The maximum absolute atomic E-state index is 13.2. The van der Waals surface area contributed by atoms with Gasteiger partial charge < -0.3 is 0 Å². The van der Waals surface area contributed by atoms with Crippen LogP contribution < -0.4 is 0 Å². The molecule has 0 saturated carbocycles. The van der Waals surface area contributed by atoms with E-state index in [0.29, 0.717) is 21.6 Å². The monoisotopic (exact) mass is 312 g/mol. The number of rotatable bonds is 2. The molecule has 1 nitrogen and oxygen atoms in total. The molecule has 0 radical (unpaired) electrons. The fraction of sp³-hybridized carbons (Fsp3) is 0.154. The molecule has 17 heavy (non-hydrogen) atoms. The number of hydrogen-bond donors (Lipinski definition) is 0. The van der Waals surface area contributed by atoms with Crippen LogP contribution in [0.3, 0.4) is 0 Å². The van der Waals surface area contributed by atoms with E-state index in [1.807, 2.05) is 11.4 Å². The van der Waals surface area contributed by atoms with Gasteiger partial charge in [0.05, 0.1) is 4.88 Å². The Morgan fingerprint density at radius 2 is 1.88 bits per heavy atom.